The Bertz CT molecular complexity index is 399. The molecule has 2 amide bonds. The second-order valence-corrected chi connectivity index (χ2v) is 4.26. The van der Waals surface area contributed by atoms with Crippen molar-refractivity contribution in [3.63, 3.8) is 0 Å². The van der Waals surface area contributed by atoms with E-state index in [1.165, 1.54) is 0 Å². The van der Waals surface area contributed by atoms with Gasteiger partial charge in [-0.1, -0.05) is 0 Å². The predicted octanol–water partition coefficient (Wildman–Crippen LogP) is -3.50. The molecule has 6 N–H and O–H groups in total. The van der Waals surface area contributed by atoms with E-state index >= 15 is 0 Å². The van der Waals surface area contributed by atoms with E-state index in [2.05, 4.69) is 23.3 Å². The average molecular weight is 355 g/mol. The minimum atomic E-state index is -1.22. The third kappa shape index (κ3) is 12.7. The van der Waals surface area contributed by atoms with Gasteiger partial charge in [0.05, 0.1) is 0 Å². The summed E-state index contributed by atoms with van der Waals surface area (Å²) in [7, 11) is 0. The van der Waals surface area contributed by atoms with Crippen LogP contribution in [-0.4, -0.2) is 117 Å². The van der Waals surface area contributed by atoms with E-state index in [-0.39, 0.29) is 77.7 Å². The molecule has 9 nitrogen and oxygen atoms in total. The fourth-order valence-electron chi connectivity index (χ4n) is 1.16. The summed E-state index contributed by atoms with van der Waals surface area (Å²) in [5, 5.41) is 21.4. The molecule has 12 heteroatoms. The van der Waals surface area contributed by atoms with Gasteiger partial charge in [-0.2, -0.15) is 12.6 Å². The molecule has 0 aliphatic heterocycles. The molecule has 22 heavy (non-hydrogen) atoms. The van der Waals surface area contributed by atoms with Crippen LogP contribution < -0.4 is 16.4 Å². The van der Waals surface area contributed by atoms with Crippen molar-refractivity contribution in [2.24, 2.45) is 5.73 Å². The van der Waals surface area contributed by atoms with Crippen LogP contribution in [0.4, 0.5) is 0 Å². The standard InChI is InChI=1S/C10H17N3O6S.2Na.2H/c11-5(10(18)19)1-2-7(14)13-6(4-20)9(17)12-3-8(15)16;;;;/h5-6,20H,1-4,11H2,(H,12,17)(H,13,14)(H,15,16)(H,18,19);;;;/t5-,6-;;;;/m1..../s1. The molecule has 0 aromatic rings. The van der Waals surface area contributed by atoms with Crippen molar-refractivity contribution in [2.45, 2.75) is 24.9 Å². The van der Waals surface area contributed by atoms with Crippen molar-refractivity contribution >= 4 is 95.5 Å². The van der Waals surface area contributed by atoms with Crippen LogP contribution in [0.15, 0.2) is 0 Å². The van der Waals surface area contributed by atoms with Crippen molar-refractivity contribution < 1.29 is 29.4 Å². The van der Waals surface area contributed by atoms with Crippen LogP contribution in [0.5, 0.6) is 0 Å². The van der Waals surface area contributed by atoms with Gasteiger partial charge in [-0.3, -0.25) is 19.2 Å². The van der Waals surface area contributed by atoms with Crippen molar-refractivity contribution in [1.82, 2.24) is 10.6 Å². The molecule has 0 unspecified atom stereocenters. The van der Waals surface area contributed by atoms with Crippen LogP contribution >= 0.6 is 12.6 Å². The maximum atomic E-state index is 11.5. The number of carbonyl (C=O) groups is 4. The quantitative estimate of drug-likeness (QED) is 0.185. The number of nitrogens with one attached hydrogen (secondary N) is 2. The average Bonchev–Trinajstić information content (AvgIpc) is 2.38. The van der Waals surface area contributed by atoms with E-state index in [4.69, 9.17) is 15.9 Å². The molecule has 0 saturated carbocycles. The van der Waals surface area contributed by atoms with Crippen LogP contribution in [0.25, 0.3) is 0 Å². The van der Waals surface area contributed by atoms with Crippen LogP contribution in [0.3, 0.4) is 0 Å². The summed E-state index contributed by atoms with van der Waals surface area (Å²) >= 11 is 3.87. The number of aliphatic carboxylic acids is 2. The van der Waals surface area contributed by atoms with Crippen LogP contribution in [0.2, 0.25) is 0 Å². The molecule has 0 rings (SSSR count). The summed E-state index contributed by atoms with van der Waals surface area (Å²) < 4.78 is 0. The monoisotopic (exact) mass is 355 g/mol. The number of hydrogen-bond acceptors (Lipinski definition) is 6. The van der Waals surface area contributed by atoms with Gasteiger partial charge in [0.1, 0.15) is 18.6 Å². The summed E-state index contributed by atoms with van der Waals surface area (Å²) in [6, 6.07) is -2.15. The Balaban J connectivity index is -0.00000180. The second-order valence-electron chi connectivity index (χ2n) is 3.90. The van der Waals surface area contributed by atoms with Crippen LogP contribution in [0, 0.1) is 0 Å². The van der Waals surface area contributed by atoms with Gasteiger partial charge in [-0.15, -0.1) is 0 Å². The first kappa shape index (κ1) is 27.1. The SMILES string of the molecule is N[C@H](CCC(=O)N[C@H](CS)C(=O)NCC(=O)O)C(=O)O.[NaH].[NaH]. The fraction of sp³-hybridized carbons (Fsp3) is 0.600. The molecule has 0 fully saturated rings. The van der Waals surface area contributed by atoms with Gasteiger partial charge in [0.25, 0.3) is 0 Å². The third-order valence-corrected chi connectivity index (χ3v) is 2.61. The Morgan fingerprint density at radius 3 is 2.09 bits per heavy atom. The number of amides is 2. The van der Waals surface area contributed by atoms with Crippen LogP contribution in [-0.2, 0) is 19.2 Å². The molecule has 118 valence electrons. The van der Waals surface area contributed by atoms with Crippen LogP contribution in [0.1, 0.15) is 12.8 Å². The summed E-state index contributed by atoms with van der Waals surface area (Å²) in [6.07, 6.45) is -0.235. The normalized spacial score (nSPS) is 11.9. The topological polar surface area (TPSA) is 159 Å². The van der Waals surface area contributed by atoms with Gasteiger partial charge in [0.2, 0.25) is 11.8 Å². The van der Waals surface area contributed by atoms with Crippen molar-refractivity contribution in [3.8, 4) is 0 Å². The molecule has 0 aromatic carbocycles. The Morgan fingerprint density at radius 2 is 1.68 bits per heavy atom. The molecular weight excluding hydrogens is 336 g/mol. The number of hydrogen-bond donors (Lipinski definition) is 6. The Labute approximate surface area is 177 Å². The molecular formula is C10H19N3Na2O6S. The predicted molar refractivity (Wildman–Crippen MR) is 85.6 cm³/mol. The van der Waals surface area contributed by atoms with Crippen molar-refractivity contribution in [1.29, 1.82) is 0 Å². The Kier molecular flexibility index (Phi) is 18.2. The number of rotatable bonds is 9. The molecule has 0 heterocycles. The van der Waals surface area contributed by atoms with E-state index in [0.29, 0.717) is 0 Å². The molecule has 0 radical (unpaired) electrons. The number of thiol groups is 1. The molecule has 0 aromatic heterocycles. The van der Waals surface area contributed by atoms with E-state index < -0.39 is 42.4 Å². The number of carbonyl (C=O) groups excluding carboxylic acids is 2. The maximum absolute atomic E-state index is 11.5. The molecule has 0 aliphatic rings. The second kappa shape index (κ2) is 14.8. The van der Waals surface area contributed by atoms with Gasteiger partial charge in [-0.25, -0.2) is 0 Å². The van der Waals surface area contributed by atoms with Gasteiger partial charge in [-0.05, 0) is 6.42 Å². The van der Waals surface area contributed by atoms with Gasteiger partial charge in [0.15, 0.2) is 0 Å². The van der Waals surface area contributed by atoms with E-state index in [1.807, 2.05) is 0 Å². The summed E-state index contributed by atoms with van der Waals surface area (Å²) in [5.41, 5.74) is 5.23. The van der Waals surface area contributed by atoms with Gasteiger partial charge < -0.3 is 26.6 Å². The number of nitrogens with two attached hydrogens (primary N) is 1. The zero-order valence-corrected chi connectivity index (χ0v) is 11.4. The first-order valence-corrected chi connectivity index (χ1v) is 6.29. The zero-order chi connectivity index (χ0) is 15.7. The zero-order valence-electron chi connectivity index (χ0n) is 10.5. The van der Waals surface area contributed by atoms with E-state index in [0.717, 1.165) is 0 Å². The third-order valence-electron chi connectivity index (χ3n) is 2.25. The van der Waals surface area contributed by atoms with Crippen molar-refractivity contribution in [3.05, 3.63) is 0 Å². The molecule has 2 atom stereocenters. The van der Waals surface area contributed by atoms with Gasteiger partial charge in [0, 0.05) is 12.2 Å². The van der Waals surface area contributed by atoms with E-state index in [1.54, 1.807) is 0 Å². The van der Waals surface area contributed by atoms with E-state index in [9.17, 15) is 19.2 Å². The Morgan fingerprint density at radius 1 is 1.14 bits per heavy atom. The molecule has 0 bridgehead atoms. The van der Waals surface area contributed by atoms with Gasteiger partial charge >= 0.3 is 71.1 Å². The number of carboxylic acids is 2. The molecule has 0 saturated heterocycles. The fourth-order valence-corrected chi connectivity index (χ4v) is 1.41. The number of carboxylic acid groups (broad SMARTS) is 2. The minimum absolute atomic E-state index is 0. The summed E-state index contributed by atoms with van der Waals surface area (Å²) in [6.45, 7) is -0.567. The first-order valence-electron chi connectivity index (χ1n) is 5.66. The summed E-state index contributed by atoms with van der Waals surface area (Å²) in [5.74, 6) is -3.70. The first-order chi connectivity index (χ1) is 9.27. The molecule has 0 aliphatic carbocycles. The summed E-state index contributed by atoms with van der Waals surface area (Å²) in [4.78, 5) is 43.7. The van der Waals surface area contributed by atoms with Crippen molar-refractivity contribution in [2.75, 3.05) is 12.3 Å². The molecule has 0 spiro atoms. The Hall–Kier alpha value is 0.190.